The van der Waals surface area contributed by atoms with Crippen molar-refractivity contribution in [3.05, 3.63) is 0 Å². The molecule has 0 aromatic rings. The maximum Gasteiger partial charge on any atom is 0.222 e. The zero-order chi connectivity index (χ0) is 21.6. The summed E-state index contributed by atoms with van der Waals surface area (Å²) in [5.74, 6) is 0.117. The standard InChI is InChI=1S/C20H39NO8/c1-4-19(22)17-29-16-15-28-14-13-27-12-11-26-10-9-25-8-7-24-6-5-21-20(23)18(2)3/h18H,4-17H2,1-3H3,(H,21,23). The molecule has 0 unspecified atom stereocenters. The summed E-state index contributed by atoms with van der Waals surface area (Å²) in [6, 6.07) is 0. The lowest BCUT2D eigenvalue weighted by Gasteiger charge is -2.09. The molecule has 0 aromatic heterocycles. The van der Waals surface area contributed by atoms with Crippen LogP contribution >= 0.6 is 0 Å². The van der Waals surface area contributed by atoms with Gasteiger partial charge in [-0.15, -0.1) is 0 Å². The molecule has 0 atom stereocenters. The molecule has 0 saturated heterocycles. The number of ketones is 1. The largest absolute Gasteiger partial charge is 0.377 e. The van der Waals surface area contributed by atoms with Gasteiger partial charge in [0.1, 0.15) is 6.61 Å². The van der Waals surface area contributed by atoms with Crippen LogP contribution in [0, 0.1) is 5.92 Å². The molecule has 0 aliphatic carbocycles. The zero-order valence-corrected chi connectivity index (χ0v) is 18.2. The SMILES string of the molecule is CCC(=O)COCCOCCOCCOCCOCCOCCNC(=O)C(C)C. The second-order valence-corrected chi connectivity index (χ2v) is 6.45. The van der Waals surface area contributed by atoms with E-state index >= 15 is 0 Å². The Bertz CT molecular complexity index is 393. The van der Waals surface area contributed by atoms with Crippen LogP contribution in [0.3, 0.4) is 0 Å². The van der Waals surface area contributed by atoms with Gasteiger partial charge >= 0.3 is 0 Å². The molecule has 0 aromatic carbocycles. The number of Topliss-reactive ketones (excluding diaryl/α,β-unsaturated/α-hetero) is 1. The summed E-state index contributed by atoms with van der Waals surface area (Å²) in [7, 11) is 0. The monoisotopic (exact) mass is 421 g/mol. The molecule has 172 valence electrons. The Morgan fingerprint density at radius 1 is 0.655 bits per heavy atom. The number of carbonyl (C=O) groups excluding carboxylic acids is 2. The summed E-state index contributed by atoms with van der Waals surface area (Å²) in [5.41, 5.74) is 0. The minimum Gasteiger partial charge on any atom is -0.377 e. The highest BCUT2D eigenvalue weighted by atomic mass is 16.6. The van der Waals surface area contributed by atoms with Crippen LogP contribution in [0.1, 0.15) is 27.2 Å². The van der Waals surface area contributed by atoms with Crippen molar-refractivity contribution in [1.82, 2.24) is 5.32 Å². The summed E-state index contributed by atoms with van der Waals surface area (Å²) in [4.78, 5) is 22.3. The molecule has 0 heterocycles. The molecule has 0 fully saturated rings. The zero-order valence-electron chi connectivity index (χ0n) is 18.2. The van der Waals surface area contributed by atoms with Crippen LogP contribution in [-0.2, 0) is 38.0 Å². The van der Waals surface area contributed by atoms with Crippen molar-refractivity contribution < 1.29 is 38.0 Å². The molecule has 9 nitrogen and oxygen atoms in total. The van der Waals surface area contributed by atoms with Gasteiger partial charge in [-0.2, -0.15) is 0 Å². The third-order valence-electron chi connectivity index (χ3n) is 3.59. The van der Waals surface area contributed by atoms with E-state index < -0.39 is 0 Å². The van der Waals surface area contributed by atoms with E-state index in [1.165, 1.54) is 0 Å². The van der Waals surface area contributed by atoms with Crippen LogP contribution in [-0.4, -0.2) is 97.5 Å². The van der Waals surface area contributed by atoms with Gasteiger partial charge in [-0.3, -0.25) is 9.59 Å². The summed E-state index contributed by atoms with van der Waals surface area (Å²) in [6.07, 6.45) is 0.498. The van der Waals surface area contributed by atoms with E-state index in [1.807, 2.05) is 20.8 Å². The van der Waals surface area contributed by atoms with Gasteiger partial charge in [-0.1, -0.05) is 20.8 Å². The predicted octanol–water partition coefficient (Wildman–Crippen LogP) is 0.837. The minimum absolute atomic E-state index is 0.00805. The molecule has 0 saturated carbocycles. The second-order valence-electron chi connectivity index (χ2n) is 6.45. The van der Waals surface area contributed by atoms with Crippen molar-refractivity contribution in [2.75, 3.05) is 85.8 Å². The van der Waals surface area contributed by atoms with Crippen molar-refractivity contribution in [1.29, 1.82) is 0 Å². The average molecular weight is 422 g/mol. The Morgan fingerprint density at radius 2 is 1.03 bits per heavy atom. The van der Waals surface area contributed by atoms with Crippen LogP contribution < -0.4 is 5.32 Å². The van der Waals surface area contributed by atoms with Gasteiger partial charge in [0.2, 0.25) is 5.91 Å². The summed E-state index contributed by atoms with van der Waals surface area (Å²) >= 11 is 0. The Hall–Kier alpha value is -1.10. The fourth-order valence-electron chi connectivity index (χ4n) is 1.84. The highest BCUT2D eigenvalue weighted by Gasteiger charge is 2.04. The Balaban J connectivity index is 3.08. The summed E-state index contributed by atoms with van der Waals surface area (Å²) < 4.78 is 32.0. The fraction of sp³-hybridized carbons (Fsp3) is 0.900. The fourth-order valence-corrected chi connectivity index (χ4v) is 1.84. The quantitative estimate of drug-likeness (QED) is 0.257. The number of amides is 1. The highest BCUT2D eigenvalue weighted by molar-refractivity contribution is 5.79. The lowest BCUT2D eigenvalue weighted by molar-refractivity contribution is -0.124. The van der Waals surface area contributed by atoms with Crippen molar-refractivity contribution in [2.45, 2.75) is 27.2 Å². The van der Waals surface area contributed by atoms with Crippen molar-refractivity contribution in [3.63, 3.8) is 0 Å². The van der Waals surface area contributed by atoms with Crippen LogP contribution in [0.4, 0.5) is 0 Å². The van der Waals surface area contributed by atoms with E-state index in [0.29, 0.717) is 85.6 Å². The van der Waals surface area contributed by atoms with E-state index in [1.54, 1.807) is 0 Å². The first kappa shape index (κ1) is 27.9. The Kier molecular flexibility index (Phi) is 20.8. The lowest BCUT2D eigenvalue weighted by Crippen LogP contribution is -2.31. The van der Waals surface area contributed by atoms with Gasteiger partial charge in [-0.25, -0.2) is 0 Å². The van der Waals surface area contributed by atoms with Gasteiger partial charge in [0, 0.05) is 18.9 Å². The molecule has 0 rings (SSSR count). The van der Waals surface area contributed by atoms with Crippen LogP contribution in [0.25, 0.3) is 0 Å². The molecule has 9 heteroatoms. The Labute approximate surface area is 174 Å². The van der Waals surface area contributed by atoms with Crippen LogP contribution in [0.2, 0.25) is 0 Å². The minimum atomic E-state index is -0.00805. The molecule has 0 spiro atoms. The number of carbonyl (C=O) groups is 2. The average Bonchev–Trinajstić information content (AvgIpc) is 2.71. The van der Waals surface area contributed by atoms with E-state index in [-0.39, 0.29) is 24.2 Å². The van der Waals surface area contributed by atoms with E-state index in [9.17, 15) is 9.59 Å². The molecule has 0 aliphatic heterocycles. The normalized spacial score (nSPS) is 11.2. The maximum atomic E-state index is 11.3. The molecule has 0 aliphatic rings. The summed E-state index contributed by atoms with van der Waals surface area (Å²) in [5, 5.41) is 2.78. The van der Waals surface area contributed by atoms with Crippen molar-refractivity contribution in [2.24, 2.45) is 5.92 Å². The second kappa shape index (κ2) is 21.6. The van der Waals surface area contributed by atoms with Gasteiger partial charge in [0.05, 0.1) is 72.7 Å². The first-order valence-corrected chi connectivity index (χ1v) is 10.3. The number of ether oxygens (including phenoxy) is 6. The van der Waals surface area contributed by atoms with Crippen LogP contribution in [0.5, 0.6) is 0 Å². The Morgan fingerprint density at radius 3 is 1.41 bits per heavy atom. The van der Waals surface area contributed by atoms with E-state index in [0.717, 1.165) is 0 Å². The lowest BCUT2D eigenvalue weighted by atomic mass is 10.2. The molecule has 0 radical (unpaired) electrons. The highest BCUT2D eigenvalue weighted by Crippen LogP contribution is 1.89. The molecule has 0 bridgehead atoms. The number of rotatable bonds is 22. The smallest absolute Gasteiger partial charge is 0.222 e. The van der Waals surface area contributed by atoms with E-state index in [2.05, 4.69) is 5.32 Å². The van der Waals surface area contributed by atoms with E-state index in [4.69, 9.17) is 28.4 Å². The molecular formula is C20H39NO8. The molecule has 29 heavy (non-hydrogen) atoms. The summed E-state index contributed by atoms with van der Waals surface area (Å²) in [6.45, 7) is 11.5. The van der Waals surface area contributed by atoms with Crippen molar-refractivity contribution in [3.8, 4) is 0 Å². The maximum absolute atomic E-state index is 11.3. The molecule has 1 amide bonds. The molecule has 1 N–H and O–H groups in total. The molecular weight excluding hydrogens is 382 g/mol. The van der Waals surface area contributed by atoms with Crippen molar-refractivity contribution >= 4 is 11.7 Å². The van der Waals surface area contributed by atoms with Gasteiger partial charge in [0.15, 0.2) is 5.78 Å². The van der Waals surface area contributed by atoms with Gasteiger partial charge in [0.25, 0.3) is 0 Å². The van der Waals surface area contributed by atoms with Gasteiger partial charge in [-0.05, 0) is 0 Å². The number of hydrogen-bond acceptors (Lipinski definition) is 8. The topological polar surface area (TPSA) is 102 Å². The third-order valence-corrected chi connectivity index (χ3v) is 3.59. The number of hydrogen-bond donors (Lipinski definition) is 1. The third kappa shape index (κ3) is 21.4. The first-order chi connectivity index (χ1) is 14.1. The van der Waals surface area contributed by atoms with Gasteiger partial charge < -0.3 is 33.7 Å². The predicted molar refractivity (Wildman–Crippen MR) is 108 cm³/mol. The first-order valence-electron chi connectivity index (χ1n) is 10.3. The van der Waals surface area contributed by atoms with Crippen LogP contribution in [0.15, 0.2) is 0 Å². The number of nitrogens with one attached hydrogen (secondary N) is 1.